The van der Waals surface area contributed by atoms with Crippen LogP contribution in [0.2, 0.25) is 0 Å². The van der Waals surface area contributed by atoms with Crippen LogP contribution in [-0.2, 0) is 6.42 Å². The maximum atomic E-state index is 5.49. The molecule has 0 unspecified atom stereocenters. The maximum absolute atomic E-state index is 5.49. The first-order valence-electron chi connectivity index (χ1n) is 5.82. The SMILES string of the molecule is C=C(/C=C\Cc1cccc2ccccc12)CN. The summed E-state index contributed by atoms with van der Waals surface area (Å²) < 4.78 is 0. The average molecular weight is 223 g/mol. The van der Waals surface area contributed by atoms with Crippen LogP contribution in [0.1, 0.15) is 5.56 Å². The lowest BCUT2D eigenvalue weighted by Crippen LogP contribution is -1.99. The van der Waals surface area contributed by atoms with Crippen molar-refractivity contribution >= 4 is 10.8 Å². The monoisotopic (exact) mass is 223 g/mol. The Morgan fingerprint density at radius 2 is 1.88 bits per heavy atom. The summed E-state index contributed by atoms with van der Waals surface area (Å²) in [6, 6.07) is 14.9. The molecule has 0 aromatic heterocycles. The highest BCUT2D eigenvalue weighted by atomic mass is 14.5. The van der Waals surface area contributed by atoms with Gasteiger partial charge >= 0.3 is 0 Å². The van der Waals surface area contributed by atoms with E-state index in [0.717, 1.165) is 12.0 Å². The maximum Gasteiger partial charge on any atom is 0.0172 e. The summed E-state index contributed by atoms with van der Waals surface area (Å²) in [7, 11) is 0. The molecule has 0 bridgehead atoms. The molecule has 2 aromatic carbocycles. The summed E-state index contributed by atoms with van der Waals surface area (Å²) in [5.41, 5.74) is 7.79. The Morgan fingerprint density at radius 1 is 1.12 bits per heavy atom. The molecular weight excluding hydrogens is 206 g/mol. The molecule has 2 rings (SSSR count). The van der Waals surface area contributed by atoms with Crippen molar-refractivity contribution in [1.82, 2.24) is 0 Å². The van der Waals surface area contributed by atoms with Crippen LogP contribution >= 0.6 is 0 Å². The molecule has 2 aromatic rings. The lowest BCUT2D eigenvalue weighted by molar-refractivity contribution is 1.18. The summed E-state index contributed by atoms with van der Waals surface area (Å²) >= 11 is 0. The Kier molecular flexibility index (Phi) is 3.73. The van der Waals surface area contributed by atoms with Gasteiger partial charge in [0.25, 0.3) is 0 Å². The lowest BCUT2D eigenvalue weighted by atomic mass is 10.0. The van der Waals surface area contributed by atoms with E-state index in [1.165, 1.54) is 16.3 Å². The molecule has 17 heavy (non-hydrogen) atoms. The second kappa shape index (κ2) is 5.46. The first kappa shape index (κ1) is 11.6. The van der Waals surface area contributed by atoms with E-state index in [0.29, 0.717) is 6.54 Å². The smallest absolute Gasteiger partial charge is 0.0172 e. The third-order valence-electron chi connectivity index (χ3n) is 2.83. The van der Waals surface area contributed by atoms with Gasteiger partial charge in [0.15, 0.2) is 0 Å². The molecule has 0 spiro atoms. The fraction of sp³-hybridized carbons (Fsp3) is 0.125. The van der Waals surface area contributed by atoms with Crippen LogP contribution in [0, 0.1) is 0 Å². The minimum absolute atomic E-state index is 0.520. The van der Waals surface area contributed by atoms with Crippen LogP contribution in [0.4, 0.5) is 0 Å². The van der Waals surface area contributed by atoms with E-state index in [9.17, 15) is 0 Å². The zero-order valence-corrected chi connectivity index (χ0v) is 9.89. The summed E-state index contributed by atoms with van der Waals surface area (Å²) in [6.07, 6.45) is 5.04. The number of hydrogen-bond donors (Lipinski definition) is 1. The quantitative estimate of drug-likeness (QED) is 0.789. The molecular formula is C16H17N. The van der Waals surface area contributed by atoms with E-state index < -0.39 is 0 Å². The third kappa shape index (κ3) is 2.83. The van der Waals surface area contributed by atoms with Crippen molar-refractivity contribution in [1.29, 1.82) is 0 Å². The van der Waals surface area contributed by atoms with Crippen LogP contribution in [0.15, 0.2) is 66.8 Å². The summed E-state index contributed by atoms with van der Waals surface area (Å²) in [5.74, 6) is 0. The molecule has 0 aliphatic rings. The van der Waals surface area contributed by atoms with Gasteiger partial charge in [0.2, 0.25) is 0 Å². The van der Waals surface area contributed by atoms with Crippen LogP contribution in [0.25, 0.3) is 10.8 Å². The van der Waals surface area contributed by atoms with Gasteiger partial charge < -0.3 is 5.73 Å². The van der Waals surface area contributed by atoms with Gasteiger partial charge in [-0.2, -0.15) is 0 Å². The standard InChI is InChI=1S/C16H17N/c1-13(12-17)6-4-8-15-10-5-9-14-7-2-3-11-16(14)15/h2-7,9-11H,1,8,12,17H2/b6-4-. The van der Waals surface area contributed by atoms with E-state index >= 15 is 0 Å². The molecule has 0 saturated heterocycles. The number of rotatable bonds is 4. The van der Waals surface area contributed by atoms with E-state index in [4.69, 9.17) is 5.73 Å². The number of nitrogens with two attached hydrogens (primary N) is 1. The molecule has 0 saturated carbocycles. The predicted octanol–water partition coefficient (Wildman–Crippen LogP) is 3.45. The first-order valence-corrected chi connectivity index (χ1v) is 5.82. The number of hydrogen-bond acceptors (Lipinski definition) is 1. The molecule has 0 heterocycles. The Balaban J connectivity index is 2.24. The van der Waals surface area contributed by atoms with Gasteiger partial charge in [0.05, 0.1) is 0 Å². The largest absolute Gasteiger partial charge is 0.327 e. The van der Waals surface area contributed by atoms with Crippen molar-refractivity contribution in [3.8, 4) is 0 Å². The van der Waals surface area contributed by atoms with Crippen LogP contribution in [-0.4, -0.2) is 6.54 Å². The summed E-state index contributed by atoms with van der Waals surface area (Å²) in [6.45, 7) is 4.37. The molecule has 1 nitrogen and oxygen atoms in total. The van der Waals surface area contributed by atoms with Crippen LogP contribution in [0.3, 0.4) is 0 Å². The Bertz CT molecular complexity index is 547. The van der Waals surface area contributed by atoms with E-state index in [2.05, 4.69) is 55.1 Å². The molecule has 86 valence electrons. The molecule has 2 N–H and O–H groups in total. The molecule has 0 atom stereocenters. The molecule has 1 heteroatoms. The van der Waals surface area contributed by atoms with Crippen molar-refractivity contribution in [3.05, 3.63) is 72.3 Å². The van der Waals surface area contributed by atoms with E-state index in [-0.39, 0.29) is 0 Å². The van der Waals surface area contributed by atoms with Gasteiger partial charge in [0, 0.05) is 6.54 Å². The van der Waals surface area contributed by atoms with Crippen LogP contribution < -0.4 is 5.73 Å². The second-order valence-corrected chi connectivity index (χ2v) is 4.11. The summed E-state index contributed by atoms with van der Waals surface area (Å²) in [4.78, 5) is 0. The number of benzene rings is 2. The van der Waals surface area contributed by atoms with E-state index in [1.807, 2.05) is 6.08 Å². The van der Waals surface area contributed by atoms with Crippen molar-refractivity contribution < 1.29 is 0 Å². The van der Waals surface area contributed by atoms with Gasteiger partial charge in [-0.05, 0) is 28.3 Å². The molecule has 0 radical (unpaired) electrons. The van der Waals surface area contributed by atoms with Gasteiger partial charge in [-0.3, -0.25) is 0 Å². The van der Waals surface area contributed by atoms with Crippen molar-refractivity contribution in [2.75, 3.05) is 6.54 Å². The number of allylic oxidation sites excluding steroid dienone is 1. The van der Waals surface area contributed by atoms with Gasteiger partial charge in [-0.1, -0.05) is 61.2 Å². The highest BCUT2D eigenvalue weighted by molar-refractivity contribution is 5.85. The minimum atomic E-state index is 0.520. The normalized spacial score (nSPS) is 11.1. The fourth-order valence-corrected chi connectivity index (χ4v) is 1.89. The zero-order chi connectivity index (χ0) is 12.1. The zero-order valence-electron chi connectivity index (χ0n) is 9.89. The van der Waals surface area contributed by atoms with Gasteiger partial charge in [-0.25, -0.2) is 0 Å². The van der Waals surface area contributed by atoms with Crippen molar-refractivity contribution in [2.45, 2.75) is 6.42 Å². The summed E-state index contributed by atoms with van der Waals surface area (Å²) in [5, 5.41) is 2.61. The highest BCUT2D eigenvalue weighted by Crippen LogP contribution is 2.19. The van der Waals surface area contributed by atoms with E-state index in [1.54, 1.807) is 0 Å². The Morgan fingerprint density at radius 3 is 2.71 bits per heavy atom. The van der Waals surface area contributed by atoms with Crippen LogP contribution in [0.5, 0.6) is 0 Å². The topological polar surface area (TPSA) is 26.0 Å². The molecule has 0 amide bonds. The third-order valence-corrected chi connectivity index (χ3v) is 2.83. The molecule has 0 aliphatic carbocycles. The van der Waals surface area contributed by atoms with Crippen molar-refractivity contribution in [3.63, 3.8) is 0 Å². The Hall–Kier alpha value is -1.86. The predicted molar refractivity (Wildman–Crippen MR) is 75.0 cm³/mol. The second-order valence-electron chi connectivity index (χ2n) is 4.11. The van der Waals surface area contributed by atoms with Gasteiger partial charge in [-0.15, -0.1) is 0 Å². The first-order chi connectivity index (χ1) is 8.31. The molecule has 0 fully saturated rings. The number of fused-ring (bicyclic) bond motifs is 1. The minimum Gasteiger partial charge on any atom is -0.327 e. The average Bonchev–Trinajstić information content (AvgIpc) is 2.39. The highest BCUT2D eigenvalue weighted by Gasteiger charge is 1.97. The van der Waals surface area contributed by atoms with Gasteiger partial charge in [0.1, 0.15) is 0 Å². The fourth-order valence-electron chi connectivity index (χ4n) is 1.89. The Labute approximate surface area is 102 Å². The lowest BCUT2D eigenvalue weighted by Gasteiger charge is -2.03. The van der Waals surface area contributed by atoms with Crippen molar-refractivity contribution in [2.24, 2.45) is 5.73 Å². The molecule has 0 aliphatic heterocycles.